The molecule has 0 spiro atoms. The number of benzene rings is 2. The van der Waals surface area contributed by atoms with Crippen LogP contribution in [0.3, 0.4) is 0 Å². The Morgan fingerprint density at radius 2 is 1.41 bits per heavy atom. The van der Waals surface area contributed by atoms with Crippen LogP contribution in [0.2, 0.25) is 0 Å². The van der Waals surface area contributed by atoms with Crippen molar-refractivity contribution in [3.05, 3.63) is 83.9 Å². The topological polar surface area (TPSA) is 86.8 Å². The third-order valence-electron chi connectivity index (χ3n) is 8.32. The maximum Gasteiger partial charge on any atom is 0.243 e. The number of hydrogen-bond acceptors (Lipinski definition) is 4. The summed E-state index contributed by atoms with van der Waals surface area (Å²) in [7, 11) is 0. The van der Waals surface area contributed by atoms with Crippen LogP contribution in [0.1, 0.15) is 56.1 Å². The summed E-state index contributed by atoms with van der Waals surface area (Å²) in [5, 5.41) is 3.21. The number of imide groups is 1. The molecule has 1 saturated carbocycles. The van der Waals surface area contributed by atoms with Crippen LogP contribution in [0.25, 0.3) is 0 Å². The van der Waals surface area contributed by atoms with Crippen molar-refractivity contribution >= 4 is 23.6 Å². The summed E-state index contributed by atoms with van der Waals surface area (Å²) < 4.78 is 0. The van der Waals surface area contributed by atoms with Gasteiger partial charge in [-0.15, -0.1) is 0 Å². The molecule has 0 radical (unpaired) electrons. The van der Waals surface area contributed by atoms with E-state index in [2.05, 4.69) is 5.32 Å². The fourth-order valence-corrected chi connectivity index (χ4v) is 6.14. The molecule has 7 heteroatoms. The van der Waals surface area contributed by atoms with Crippen LogP contribution in [-0.2, 0) is 32.1 Å². The average Bonchev–Trinajstić information content (AvgIpc) is 3.56. The van der Waals surface area contributed by atoms with E-state index >= 15 is 0 Å². The molecule has 2 aromatic carbocycles. The molecule has 4 amide bonds. The monoisotopic (exact) mass is 527 g/mol. The lowest BCUT2D eigenvalue weighted by atomic mass is 9.85. The Labute approximate surface area is 230 Å². The zero-order chi connectivity index (χ0) is 27.2. The van der Waals surface area contributed by atoms with Crippen LogP contribution >= 0.6 is 0 Å². The van der Waals surface area contributed by atoms with E-state index in [1.165, 1.54) is 4.90 Å². The van der Waals surface area contributed by atoms with Gasteiger partial charge >= 0.3 is 0 Å². The van der Waals surface area contributed by atoms with Gasteiger partial charge in [0.05, 0.1) is 11.8 Å². The summed E-state index contributed by atoms with van der Waals surface area (Å²) in [6.07, 6.45) is 9.51. The summed E-state index contributed by atoms with van der Waals surface area (Å²) in [6.45, 7) is 0.309. The first kappa shape index (κ1) is 26.9. The van der Waals surface area contributed by atoms with E-state index in [4.69, 9.17) is 0 Å². The van der Waals surface area contributed by atoms with Gasteiger partial charge in [0.25, 0.3) is 0 Å². The number of likely N-dealkylation sites (tertiary alicyclic amines) is 1. The van der Waals surface area contributed by atoms with Crippen LogP contribution in [0, 0.1) is 11.8 Å². The van der Waals surface area contributed by atoms with Crippen LogP contribution in [0.5, 0.6) is 0 Å². The van der Waals surface area contributed by atoms with Gasteiger partial charge in [0, 0.05) is 32.0 Å². The second-order valence-corrected chi connectivity index (χ2v) is 10.9. The van der Waals surface area contributed by atoms with Gasteiger partial charge in [-0.2, -0.15) is 0 Å². The van der Waals surface area contributed by atoms with Gasteiger partial charge in [-0.3, -0.25) is 24.1 Å². The molecule has 0 unspecified atom stereocenters. The Kier molecular flexibility index (Phi) is 8.54. The van der Waals surface area contributed by atoms with E-state index in [0.29, 0.717) is 19.3 Å². The molecule has 1 aliphatic heterocycles. The molecule has 5 rings (SSSR count). The van der Waals surface area contributed by atoms with Gasteiger partial charge in [0.2, 0.25) is 23.6 Å². The summed E-state index contributed by atoms with van der Waals surface area (Å²) in [4.78, 5) is 56.5. The second-order valence-electron chi connectivity index (χ2n) is 10.9. The van der Waals surface area contributed by atoms with Crippen molar-refractivity contribution in [2.24, 2.45) is 11.8 Å². The number of rotatable bonds is 10. The van der Waals surface area contributed by atoms with Gasteiger partial charge in [-0.1, -0.05) is 85.7 Å². The lowest BCUT2D eigenvalue weighted by Crippen LogP contribution is -2.52. The standard InChI is InChI=1S/C32H37N3O4/c36-29(19-20-34-31(38)26-17-9-10-18-27(26)32(34)39)35(22-24-13-5-2-6-14-24)28(21-23-11-3-1-4-12-23)30(37)33-25-15-7-8-16-25/h1-6,9-14,25-28H,7-8,15-22H2,(H,33,37)/t26-,27+,28-/m1/s1. The highest BCUT2D eigenvalue weighted by Gasteiger charge is 2.47. The number of fused-ring (bicyclic) bond motifs is 1. The number of nitrogens with one attached hydrogen (secondary N) is 1. The third-order valence-corrected chi connectivity index (χ3v) is 8.32. The average molecular weight is 528 g/mol. The Balaban J connectivity index is 1.37. The van der Waals surface area contributed by atoms with Gasteiger partial charge in [-0.25, -0.2) is 0 Å². The minimum atomic E-state index is -0.711. The van der Waals surface area contributed by atoms with Gasteiger partial charge in [0.1, 0.15) is 6.04 Å². The number of nitrogens with zero attached hydrogens (tertiary/aromatic N) is 2. The highest BCUT2D eigenvalue weighted by atomic mass is 16.2. The maximum absolute atomic E-state index is 13.9. The normalized spacial score (nSPS) is 21.6. The Morgan fingerprint density at radius 1 is 0.846 bits per heavy atom. The Morgan fingerprint density at radius 3 is 2.00 bits per heavy atom. The molecule has 2 aromatic rings. The van der Waals surface area contributed by atoms with Crippen LogP contribution in [0.15, 0.2) is 72.8 Å². The molecule has 0 bridgehead atoms. The van der Waals surface area contributed by atoms with E-state index in [1.807, 2.05) is 72.8 Å². The molecular formula is C32H37N3O4. The summed E-state index contributed by atoms with van der Waals surface area (Å²) in [5.74, 6) is -1.40. The van der Waals surface area contributed by atoms with Crippen molar-refractivity contribution < 1.29 is 19.2 Å². The molecule has 1 heterocycles. The maximum atomic E-state index is 13.9. The molecule has 2 fully saturated rings. The predicted octanol–water partition coefficient (Wildman–Crippen LogP) is 4.03. The van der Waals surface area contributed by atoms with E-state index in [-0.39, 0.29) is 61.0 Å². The fourth-order valence-electron chi connectivity index (χ4n) is 6.14. The first-order valence-electron chi connectivity index (χ1n) is 14.2. The quantitative estimate of drug-likeness (QED) is 0.373. The van der Waals surface area contributed by atoms with Gasteiger partial charge < -0.3 is 10.2 Å². The summed E-state index contributed by atoms with van der Waals surface area (Å²) in [5.41, 5.74) is 1.89. The molecule has 3 aliphatic rings. The Bertz CT molecular complexity index is 1180. The van der Waals surface area contributed by atoms with Gasteiger partial charge in [0.15, 0.2) is 0 Å². The number of allylic oxidation sites excluding steroid dienone is 2. The SMILES string of the molecule is O=C(NC1CCCC1)[C@@H](Cc1ccccc1)N(Cc1ccccc1)C(=O)CCN1C(=O)[C@H]2CC=CC[C@H]2C1=O. The van der Waals surface area contributed by atoms with Crippen molar-refractivity contribution in [2.45, 2.75) is 70.0 Å². The van der Waals surface area contributed by atoms with Gasteiger partial charge in [-0.05, 0) is 36.8 Å². The lowest BCUT2D eigenvalue weighted by Gasteiger charge is -2.33. The van der Waals surface area contributed by atoms with Crippen molar-refractivity contribution in [3.8, 4) is 0 Å². The second kappa shape index (κ2) is 12.4. The molecule has 0 aromatic heterocycles. The number of carbonyl (C=O) groups excluding carboxylic acids is 4. The molecular weight excluding hydrogens is 490 g/mol. The Hall–Kier alpha value is -3.74. The smallest absolute Gasteiger partial charge is 0.243 e. The third kappa shape index (κ3) is 6.29. The summed E-state index contributed by atoms with van der Waals surface area (Å²) >= 11 is 0. The first-order valence-corrected chi connectivity index (χ1v) is 14.2. The van der Waals surface area contributed by atoms with E-state index < -0.39 is 6.04 Å². The first-order chi connectivity index (χ1) is 19.0. The van der Waals surface area contributed by atoms with Crippen molar-refractivity contribution in [1.82, 2.24) is 15.1 Å². The number of hydrogen-bond donors (Lipinski definition) is 1. The number of carbonyl (C=O) groups is 4. The highest BCUT2D eigenvalue weighted by molar-refractivity contribution is 6.05. The largest absolute Gasteiger partial charge is 0.352 e. The molecule has 7 nitrogen and oxygen atoms in total. The molecule has 204 valence electrons. The molecule has 3 atom stereocenters. The summed E-state index contributed by atoms with van der Waals surface area (Å²) in [6, 6.07) is 18.8. The van der Waals surface area contributed by atoms with E-state index in [1.54, 1.807) is 4.90 Å². The lowest BCUT2D eigenvalue weighted by molar-refractivity contribution is -0.144. The molecule has 2 aliphatic carbocycles. The van der Waals surface area contributed by atoms with Crippen molar-refractivity contribution in [3.63, 3.8) is 0 Å². The molecule has 39 heavy (non-hydrogen) atoms. The minimum Gasteiger partial charge on any atom is -0.352 e. The molecule has 1 N–H and O–H groups in total. The zero-order valence-corrected chi connectivity index (χ0v) is 22.3. The number of amides is 4. The minimum absolute atomic E-state index is 0.0147. The van der Waals surface area contributed by atoms with E-state index in [0.717, 1.165) is 36.8 Å². The van der Waals surface area contributed by atoms with Crippen LogP contribution in [-0.4, -0.2) is 52.1 Å². The highest BCUT2D eigenvalue weighted by Crippen LogP contribution is 2.35. The fraction of sp³-hybridized carbons (Fsp3) is 0.438. The van der Waals surface area contributed by atoms with Crippen molar-refractivity contribution in [1.29, 1.82) is 0 Å². The van der Waals surface area contributed by atoms with Crippen LogP contribution in [0.4, 0.5) is 0 Å². The molecule has 1 saturated heterocycles. The predicted molar refractivity (Wildman–Crippen MR) is 148 cm³/mol. The zero-order valence-electron chi connectivity index (χ0n) is 22.3. The van der Waals surface area contributed by atoms with Crippen LogP contribution < -0.4 is 5.32 Å². The van der Waals surface area contributed by atoms with Crippen molar-refractivity contribution in [2.75, 3.05) is 6.54 Å². The van der Waals surface area contributed by atoms with E-state index in [9.17, 15) is 19.2 Å².